The number of hydrogen-bond acceptors (Lipinski definition) is 2. The Morgan fingerprint density at radius 2 is 1.54 bits per heavy atom. The second kappa shape index (κ2) is 10.6. The Morgan fingerprint density at radius 1 is 0.857 bits per heavy atom. The smallest absolute Gasteiger partial charge is 0.252 e. The van der Waals surface area contributed by atoms with E-state index >= 15 is 0 Å². The van der Waals surface area contributed by atoms with E-state index < -0.39 is 0 Å². The van der Waals surface area contributed by atoms with Gasteiger partial charge in [-0.1, -0.05) is 94.0 Å². The van der Waals surface area contributed by atoms with Crippen LogP contribution >= 0.6 is 0 Å². The minimum absolute atomic E-state index is 0.0123. The Balaban J connectivity index is 1.67. The summed E-state index contributed by atoms with van der Waals surface area (Å²) in [7, 11) is 0. The molecule has 0 radical (unpaired) electrons. The molecule has 28 heavy (non-hydrogen) atoms. The predicted octanol–water partition coefficient (Wildman–Crippen LogP) is 6.38. The number of unbranched alkanes of at least 4 members (excludes halogenated alkanes) is 6. The van der Waals surface area contributed by atoms with Gasteiger partial charge < -0.3 is 5.32 Å². The second-order valence-corrected chi connectivity index (χ2v) is 7.32. The van der Waals surface area contributed by atoms with Gasteiger partial charge in [-0.25, -0.2) is 4.98 Å². The lowest BCUT2D eigenvalue weighted by Crippen LogP contribution is -2.24. The summed E-state index contributed by atoms with van der Waals surface area (Å²) in [6, 6.07) is 19.8. The first kappa shape index (κ1) is 20.1. The van der Waals surface area contributed by atoms with Crippen molar-refractivity contribution in [3.63, 3.8) is 0 Å². The Bertz CT molecular complexity index is 889. The lowest BCUT2D eigenvalue weighted by molar-refractivity contribution is 0.0954. The molecule has 3 rings (SSSR count). The number of rotatable bonds is 10. The van der Waals surface area contributed by atoms with E-state index in [4.69, 9.17) is 4.98 Å². The Morgan fingerprint density at radius 3 is 2.32 bits per heavy atom. The molecule has 0 spiro atoms. The summed E-state index contributed by atoms with van der Waals surface area (Å²) in [5.41, 5.74) is 3.41. The molecular formula is C25H30N2O. The van der Waals surface area contributed by atoms with E-state index in [2.05, 4.69) is 12.2 Å². The van der Waals surface area contributed by atoms with Crippen molar-refractivity contribution in [2.75, 3.05) is 6.54 Å². The number of carbonyl (C=O) groups is 1. The van der Waals surface area contributed by atoms with Crippen molar-refractivity contribution >= 4 is 16.8 Å². The Kier molecular flexibility index (Phi) is 7.60. The van der Waals surface area contributed by atoms with Crippen LogP contribution in [0.5, 0.6) is 0 Å². The summed E-state index contributed by atoms with van der Waals surface area (Å²) < 4.78 is 0. The number of carbonyl (C=O) groups excluding carboxylic acids is 1. The van der Waals surface area contributed by atoms with Crippen LogP contribution in [0.1, 0.15) is 62.2 Å². The van der Waals surface area contributed by atoms with Crippen molar-refractivity contribution in [2.45, 2.75) is 51.9 Å². The molecule has 0 aliphatic rings. The highest BCUT2D eigenvalue weighted by molar-refractivity contribution is 6.07. The number of amides is 1. The molecule has 0 aliphatic heterocycles. The highest BCUT2D eigenvalue weighted by Crippen LogP contribution is 2.24. The molecule has 0 unspecified atom stereocenters. The third-order valence-corrected chi connectivity index (χ3v) is 5.10. The van der Waals surface area contributed by atoms with Crippen LogP contribution < -0.4 is 5.32 Å². The van der Waals surface area contributed by atoms with Crippen LogP contribution in [0.3, 0.4) is 0 Å². The molecule has 3 aromatic rings. The zero-order chi connectivity index (χ0) is 19.6. The minimum Gasteiger partial charge on any atom is -0.352 e. The Labute approximate surface area is 168 Å². The van der Waals surface area contributed by atoms with Crippen molar-refractivity contribution in [3.8, 4) is 11.3 Å². The van der Waals surface area contributed by atoms with Gasteiger partial charge >= 0.3 is 0 Å². The van der Waals surface area contributed by atoms with Gasteiger partial charge in [0.1, 0.15) is 0 Å². The highest BCUT2D eigenvalue weighted by Gasteiger charge is 2.13. The first-order valence-corrected chi connectivity index (χ1v) is 10.5. The van der Waals surface area contributed by atoms with Crippen molar-refractivity contribution in [3.05, 3.63) is 66.2 Å². The largest absolute Gasteiger partial charge is 0.352 e. The molecule has 1 N–H and O–H groups in total. The van der Waals surface area contributed by atoms with Crippen molar-refractivity contribution in [1.82, 2.24) is 10.3 Å². The number of aromatic nitrogens is 1. The first-order valence-electron chi connectivity index (χ1n) is 10.5. The fourth-order valence-electron chi connectivity index (χ4n) is 3.50. The van der Waals surface area contributed by atoms with E-state index in [1.54, 1.807) is 0 Å². The van der Waals surface area contributed by atoms with E-state index in [9.17, 15) is 4.79 Å². The van der Waals surface area contributed by atoms with Crippen LogP contribution in [0, 0.1) is 0 Å². The van der Waals surface area contributed by atoms with Gasteiger partial charge in [0.25, 0.3) is 5.91 Å². The molecular weight excluding hydrogens is 344 g/mol. The number of hydrogen-bond donors (Lipinski definition) is 1. The lowest BCUT2D eigenvalue weighted by atomic mass is 10.0. The molecule has 0 bridgehead atoms. The third-order valence-electron chi connectivity index (χ3n) is 5.10. The average molecular weight is 375 g/mol. The monoisotopic (exact) mass is 374 g/mol. The molecule has 1 heterocycles. The van der Waals surface area contributed by atoms with E-state index in [1.807, 2.05) is 60.7 Å². The summed E-state index contributed by atoms with van der Waals surface area (Å²) in [6.45, 7) is 2.96. The number of nitrogens with one attached hydrogen (secondary N) is 1. The van der Waals surface area contributed by atoms with Crippen LogP contribution in [-0.4, -0.2) is 17.4 Å². The fourth-order valence-corrected chi connectivity index (χ4v) is 3.50. The topological polar surface area (TPSA) is 42.0 Å². The normalized spacial score (nSPS) is 10.9. The Hall–Kier alpha value is -2.68. The summed E-state index contributed by atoms with van der Waals surface area (Å²) >= 11 is 0. The van der Waals surface area contributed by atoms with Gasteiger partial charge in [-0.3, -0.25) is 4.79 Å². The van der Waals surface area contributed by atoms with E-state index in [0.29, 0.717) is 5.56 Å². The standard InChI is InChI=1S/C25H30N2O/c1-2-3-4-5-6-7-13-18-26-25(28)22-19-24(20-14-9-8-10-15-20)27-23-17-12-11-16-21(22)23/h8-12,14-17,19H,2-7,13,18H2,1H3,(H,26,28). The zero-order valence-electron chi connectivity index (χ0n) is 16.8. The van der Waals surface area contributed by atoms with Gasteiger partial charge in [0.05, 0.1) is 16.8 Å². The molecule has 1 amide bonds. The molecule has 0 saturated carbocycles. The van der Waals surface area contributed by atoms with Gasteiger partial charge in [0, 0.05) is 17.5 Å². The highest BCUT2D eigenvalue weighted by atomic mass is 16.1. The van der Waals surface area contributed by atoms with Crippen LogP contribution in [0.2, 0.25) is 0 Å². The molecule has 0 fully saturated rings. The third kappa shape index (κ3) is 5.41. The molecule has 0 aliphatic carbocycles. The van der Waals surface area contributed by atoms with Crippen LogP contribution in [-0.2, 0) is 0 Å². The SMILES string of the molecule is CCCCCCCCCNC(=O)c1cc(-c2ccccc2)nc2ccccc12. The molecule has 0 atom stereocenters. The summed E-state index contributed by atoms with van der Waals surface area (Å²) in [4.78, 5) is 17.6. The number of benzene rings is 2. The fraction of sp³-hybridized carbons (Fsp3) is 0.360. The molecule has 146 valence electrons. The molecule has 3 heteroatoms. The van der Waals surface area contributed by atoms with E-state index in [0.717, 1.165) is 35.1 Å². The van der Waals surface area contributed by atoms with E-state index in [1.165, 1.54) is 38.5 Å². The maximum atomic E-state index is 12.9. The maximum Gasteiger partial charge on any atom is 0.252 e. The summed E-state index contributed by atoms with van der Waals surface area (Å²) in [5.74, 6) is -0.0123. The van der Waals surface area contributed by atoms with Crippen molar-refractivity contribution in [2.24, 2.45) is 0 Å². The molecule has 0 saturated heterocycles. The van der Waals surface area contributed by atoms with Crippen molar-refractivity contribution < 1.29 is 4.79 Å². The van der Waals surface area contributed by atoms with E-state index in [-0.39, 0.29) is 5.91 Å². The van der Waals surface area contributed by atoms with Gasteiger partial charge in [0.2, 0.25) is 0 Å². The first-order chi connectivity index (χ1) is 13.8. The lowest BCUT2D eigenvalue weighted by Gasteiger charge is -2.11. The number of pyridine rings is 1. The average Bonchev–Trinajstić information content (AvgIpc) is 2.75. The maximum absolute atomic E-state index is 12.9. The number of nitrogens with zero attached hydrogens (tertiary/aromatic N) is 1. The predicted molar refractivity (Wildman–Crippen MR) is 118 cm³/mol. The van der Waals surface area contributed by atoms with Crippen LogP contribution in [0.4, 0.5) is 0 Å². The zero-order valence-corrected chi connectivity index (χ0v) is 16.8. The van der Waals surface area contributed by atoms with Gasteiger partial charge in [-0.05, 0) is 18.6 Å². The van der Waals surface area contributed by atoms with Gasteiger partial charge in [-0.2, -0.15) is 0 Å². The van der Waals surface area contributed by atoms with Gasteiger partial charge in [-0.15, -0.1) is 0 Å². The minimum atomic E-state index is -0.0123. The van der Waals surface area contributed by atoms with Crippen LogP contribution in [0.25, 0.3) is 22.2 Å². The summed E-state index contributed by atoms with van der Waals surface area (Å²) in [6.07, 6.45) is 8.71. The number of fused-ring (bicyclic) bond motifs is 1. The van der Waals surface area contributed by atoms with Crippen LogP contribution in [0.15, 0.2) is 60.7 Å². The molecule has 3 nitrogen and oxygen atoms in total. The van der Waals surface area contributed by atoms with Crippen molar-refractivity contribution in [1.29, 1.82) is 0 Å². The summed E-state index contributed by atoms with van der Waals surface area (Å²) in [5, 5.41) is 4.01. The molecule has 2 aromatic carbocycles. The number of para-hydroxylation sites is 1. The molecule has 1 aromatic heterocycles. The van der Waals surface area contributed by atoms with Gasteiger partial charge in [0.15, 0.2) is 0 Å². The quantitative estimate of drug-likeness (QED) is 0.418. The second-order valence-electron chi connectivity index (χ2n) is 7.32.